The average Bonchev–Trinajstić information content (AvgIpc) is 2.17. The topological polar surface area (TPSA) is 0 Å². The molecule has 0 heteroatoms. The first kappa shape index (κ1) is 15.0. The molecule has 0 fully saturated rings. The molecule has 0 spiro atoms. The van der Waals surface area contributed by atoms with Crippen molar-refractivity contribution in [3.8, 4) is 0 Å². The monoisotopic (exact) mass is 212 g/mol. The highest BCUT2D eigenvalue weighted by atomic mass is 14.1. The molecule has 0 aliphatic heterocycles. The number of rotatable bonds is 9. The van der Waals surface area contributed by atoms with E-state index < -0.39 is 0 Å². The van der Waals surface area contributed by atoms with Gasteiger partial charge in [-0.15, -0.1) is 0 Å². The van der Waals surface area contributed by atoms with Gasteiger partial charge in [0.2, 0.25) is 0 Å². The van der Waals surface area contributed by atoms with Gasteiger partial charge in [-0.1, -0.05) is 79.6 Å². The maximum atomic E-state index is 2.40. The van der Waals surface area contributed by atoms with Gasteiger partial charge in [0.05, 0.1) is 0 Å². The SMILES string of the molecule is CCCC(C)CCCCCC(C)C(C)C. The summed E-state index contributed by atoms with van der Waals surface area (Å²) in [5, 5.41) is 0. The zero-order valence-corrected chi connectivity index (χ0v) is 11.7. The second kappa shape index (κ2) is 9.24. The van der Waals surface area contributed by atoms with E-state index in [1.807, 2.05) is 0 Å². The highest BCUT2D eigenvalue weighted by molar-refractivity contribution is 4.58. The van der Waals surface area contributed by atoms with Crippen LogP contribution in [0.25, 0.3) is 0 Å². The van der Waals surface area contributed by atoms with E-state index in [2.05, 4.69) is 34.6 Å². The summed E-state index contributed by atoms with van der Waals surface area (Å²) in [4.78, 5) is 0. The summed E-state index contributed by atoms with van der Waals surface area (Å²) in [5.41, 5.74) is 0. The lowest BCUT2D eigenvalue weighted by molar-refractivity contribution is 0.369. The van der Waals surface area contributed by atoms with Gasteiger partial charge in [-0.3, -0.25) is 0 Å². The van der Waals surface area contributed by atoms with Gasteiger partial charge in [-0.2, -0.15) is 0 Å². The van der Waals surface area contributed by atoms with Gasteiger partial charge < -0.3 is 0 Å². The van der Waals surface area contributed by atoms with Gasteiger partial charge >= 0.3 is 0 Å². The molecule has 0 aliphatic rings. The van der Waals surface area contributed by atoms with Crippen LogP contribution in [0.4, 0.5) is 0 Å². The van der Waals surface area contributed by atoms with Gasteiger partial charge in [-0.25, -0.2) is 0 Å². The maximum absolute atomic E-state index is 2.40. The quantitative estimate of drug-likeness (QED) is 0.432. The van der Waals surface area contributed by atoms with Crippen LogP contribution < -0.4 is 0 Å². The van der Waals surface area contributed by atoms with E-state index in [1.165, 1.54) is 44.9 Å². The summed E-state index contributed by atoms with van der Waals surface area (Å²) in [6.45, 7) is 11.8. The van der Waals surface area contributed by atoms with Crippen LogP contribution in [0.2, 0.25) is 0 Å². The zero-order chi connectivity index (χ0) is 11.7. The summed E-state index contributed by atoms with van der Waals surface area (Å²) in [6, 6.07) is 0. The Labute approximate surface area is 97.8 Å². The van der Waals surface area contributed by atoms with Crippen LogP contribution in [0.1, 0.15) is 79.6 Å². The molecule has 0 radical (unpaired) electrons. The molecule has 0 aromatic rings. The predicted octanol–water partition coefficient (Wildman–Crippen LogP) is 5.67. The Morgan fingerprint density at radius 1 is 0.733 bits per heavy atom. The van der Waals surface area contributed by atoms with Crippen LogP contribution in [0, 0.1) is 17.8 Å². The molecule has 0 amide bonds. The van der Waals surface area contributed by atoms with E-state index in [1.54, 1.807) is 0 Å². The van der Waals surface area contributed by atoms with Crippen molar-refractivity contribution in [1.82, 2.24) is 0 Å². The third kappa shape index (κ3) is 8.96. The zero-order valence-electron chi connectivity index (χ0n) is 11.7. The molecule has 0 aromatic heterocycles. The summed E-state index contributed by atoms with van der Waals surface area (Å²) >= 11 is 0. The summed E-state index contributed by atoms with van der Waals surface area (Å²) in [6.07, 6.45) is 9.99. The van der Waals surface area contributed by atoms with Crippen molar-refractivity contribution in [3.05, 3.63) is 0 Å². The van der Waals surface area contributed by atoms with E-state index in [-0.39, 0.29) is 0 Å². The summed E-state index contributed by atoms with van der Waals surface area (Å²) in [5.74, 6) is 2.74. The van der Waals surface area contributed by atoms with Crippen molar-refractivity contribution in [3.63, 3.8) is 0 Å². The first-order chi connectivity index (χ1) is 7.07. The predicted molar refractivity (Wildman–Crippen MR) is 71.2 cm³/mol. The Morgan fingerprint density at radius 3 is 1.87 bits per heavy atom. The molecule has 2 unspecified atom stereocenters. The molecule has 0 aromatic carbocycles. The van der Waals surface area contributed by atoms with Gasteiger partial charge in [0.25, 0.3) is 0 Å². The third-order valence-corrected chi connectivity index (χ3v) is 3.78. The smallest absolute Gasteiger partial charge is 0.0420 e. The molecular weight excluding hydrogens is 180 g/mol. The fourth-order valence-electron chi connectivity index (χ4n) is 2.11. The Morgan fingerprint density at radius 2 is 1.33 bits per heavy atom. The summed E-state index contributed by atoms with van der Waals surface area (Å²) in [7, 11) is 0. The van der Waals surface area contributed by atoms with E-state index in [0.29, 0.717) is 0 Å². The molecule has 0 bridgehead atoms. The molecule has 0 aliphatic carbocycles. The van der Waals surface area contributed by atoms with Crippen LogP contribution in [0.3, 0.4) is 0 Å². The van der Waals surface area contributed by atoms with E-state index in [0.717, 1.165) is 17.8 Å². The second-order valence-corrected chi connectivity index (χ2v) is 5.75. The largest absolute Gasteiger partial charge is 0.0654 e. The van der Waals surface area contributed by atoms with E-state index in [9.17, 15) is 0 Å². The molecule has 92 valence electrons. The number of hydrogen-bond donors (Lipinski definition) is 0. The Kier molecular flexibility index (Phi) is 9.24. The highest BCUT2D eigenvalue weighted by Gasteiger charge is 2.06. The molecule has 0 saturated heterocycles. The van der Waals surface area contributed by atoms with E-state index in [4.69, 9.17) is 0 Å². The fraction of sp³-hybridized carbons (Fsp3) is 1.00. The lowest BCUT2D eigenvalue weighted by Gasteiger charge is -2.15. The van der Waals surface area contributed by atoms with E-state index >= 15 is 0 Å². The van der Waals surface area contributed by atoms with Crippen molar-refractivity contribution < 1.29 is 0 Å². The summed E-state index contributed by atoms with van der Waals surface area (Å²) < 4.78 is 0. The lowest BCUT2D eigenvalue weighted by atomic mass is 9.91. The van der Waals surface area contributed by atoms with Crippen molar-refractivity contribution in [1.29, 1.82) is 0 Å². The van der Waals surface area contributed by atoms with Gasteiger partial charge in [-0.05, 0) is 17.8 Å². The normalized spacial score (nSPS) is 15.6. The Hall–Kier alpha value is 0. The molecule has 0 saturated carbocycles. The third-order valence-electron chi connectivity index (χ3n) is 3.78. The Bertz CT molecular complexity index is 126. The van der Waals surface area contributed by atoms with Gasteiger partial charge in [0.1, 0.15) is 0 Å². The first-order valence-electron chi connectivity index (χ1n) is 7.07. The van der Waals surface area contributed by atoms with Crippen LogP contribution in [0.5, 0.6) is 0 Å². The van der Waals surface area contributed by atoms with Crippen molar-refractivity contribution in [2.45, 2.75) is 79.6 Å². The van der Waals surface area contributed by atoms with Crippen LogP contribution in [0.15, 0.2) is 0 Å². The van der Waals surface area contributed by atoms with Gasteiger partial charge in [0, 0.05) is 0 Å². The molecule has 0 N–H and O–H groups in total. The Balaban J connectivity index is 3.24. The van der Waals surface area contributed by atoms with Crippen LogP contribution in [-0.4, -0.2) is 0 Å². The van der Waals surface area contributed by atoms with Crippen molar-refractivity contribution in [2.75, 3.05) is 0 Å². The molecule has 2 atom stereocenters. The fourth-order valence-corrected chi connectivity index (χ4v) is 2.11. The lowest BCUT2D eigenvalue weighted by Crippen LogP contribution is -2.03. The molecule has 0 heterocycles. The second-order valence-electron chi connectivity index (χ2n) is 5.75. The molecular formula is C15H32. The van der Waals surface area contributed by atoms with Gasteiger partial charge in [0.15, 0.2) is 0 Å². The standard InChI is InChI=1S/C15H32/c1-6-10-14(4)11-8-7-9-12-15(5)13(2)3/h13-15H,6-12H2,1-5H3. The van der Waals surface area contributed by atoms with Crippen LogP contribution >= 0.6 is 0 Å². The first-order valence-corrected chi connectivity index (χ1v) is 7.07. The highest BCUT2D eigenvalue weighted by Crippen LogP contribution is 2.19. The van der Waals surface area contributed by atoms with Crippen LogP contribution in [-0.2, 0) is 0 Å². The molecule has 0 rings (SSSR count). The van der Waals surface area contributed by atoms with Crippen molar-refractivity contribution in [2.24, 2.45) is 17.8 Å². The minimum atomic E-state index is 0.865. The van der Waals surface area contributed by atoms with Crippen molar-refractivity contribution >= 4 is 0 Å². The minimum Gasteiger partial charge on any atom is -0.0654 e. The minimum absolute atomic E-state index is 0.865. The number of hydrogen-bond acceptors (Lipinski definition) is 0. The molecule has 15 heavy (non-hydrogen) atoms. The number of unbranched alkanes of at least 4 members (excludes halogenated alkanes) is 2. The molecule has 0 nitrogen and oxygen atoms in total. The average molecular weight is 212 g/mol. The maximum Gasteiger partial charge on any atom is -0.0420 e.